The molecule has 1 aromatic heterocycles. The summed E-state index contributed by atoms with van der Waals surface area (Å²) in [6.07, 6.45) is -4.51. The number of halogens is 3. The molecular formula is C14H13F3N4OS. The summed E-state index contributed by atoms with van der Waals surface area (Å²) < 4.78 is 37.7. The Morgan fingerprint density at radius 2 is 1.83 bits per heavy atom. The number of piperazine rings is 1. The molecule has 3 rings (SSSR count). The molecule has 1 saturated heterocycles. The van der Waals surface area contributed by atoms with E-state index in [1.165, 1.54) is 4.90 Å². The molecule has 9 heteroatoms. The average Bonchev–Trinajstić information content (AvgIpc) is 2.98. The number of nitrogens with zero attached hydrogens (tertiary/aromatic N) is 4. The molecule has 0 radical (unpaired) electrons. The minimum absolute atomic E-state index is 0.0135. The third-order valence-electron chi connectivity index (χ3n) is 3.49. The third-order valence-corrected chi connectivity index (χ3v) is 4.52. The van der Waals surface area contributed by atoms with Crippen LogP contribution in [0.3, 0.4) is 0 Å². The molecule has 1 aromatic carbocycles. The molecule has 2 heterocycles. The summed E-state index contributed by atoms with van der Waals surface area (Å²) in [5.41, 5.74) is 1.88. The van der Waals surface area contributed by atoms with Crippen molar-refractivity contribution in [2.75, 3.05) is 29.4 Å². The molecule has 23 heavy (non-hydrogen) atoms. The molecule has 0 spiro atoms. The molecule has 0 unspecified atom stereocenters. The van der Waals surface area contributed by atoms with Crippen LogP contribution in [0.4, 0.5) is 24.0 Å². The maximum Gasteiger partial charge on any atom is 0.445 e. The fraction of sp³-hybridized carbons (Fsp3) is 0.357. The predicted molar refractivity (Wildman–Crippen MR) is 80.7 cm³/mol. The van der Waals surface area contributed by atoms with Gasteiger partial charge in [0.25, 0.3) is 0 Å². The van der Waals surface area contributed by atoms with Crippen LogP contribution in [0.25, 0.3) is 0 Å². The van der Waals surface area contributed by atoms with Crippen molar-refractivity contribution < 1.29 is 18.0 Å². The number of alkyl halides is 3. The van der Waals surface area contributed by atoms with Crippen molar-refractivity contribution in [2.45, 2.75) is 13.1 Å². The molecule has 0 atom stereocenters. The number of carbonyl (C=O) groups excluding carboxylic acids is 1. The molecule has 5 nitrogen and oxygen atoms in total. The second kappa shape index (κ2) is 5.80. The molecule has 122 valence electrons. The van der Waals surface area contributed by atoms with Crippen LogP contribution >= 0.6 is 11.3 Å². The zero-order valence-corrected chi connectivity index (χ0v) is 13.0. The van der Waals surface area contributed by atoms with Crippen LogP contribution in [-0.4, -0.2) is 35.7 Å². The number of rotatable bonds is 2. The highest BCUT2D eigenvalue weighted by Crippen LogP contribution is 2.34. The minimum Gasteiger partial charge on any atom is -0.336 e. The Morgan fingerprint density at radius 3 is 2.39 bits per heavy atom. The number of hydrogen-bond acceptors (Lipinski definition) is 5. The highest BCUT2D eigenvalue weighted by molar-refractivity contribution is 7.15. The summed E-state index contributed by atoms with van der Waals surface area (Å²) in [7, 11) is 0. The standard InChI is InChI=1S/C14H13F3N4OS/c1-9-2-4-10(5-3-9)21-7-6-20(8-11(21)22)13-19-18-12(23-13)14(15,16)17/h2-5H,6-8H2,1H3. The zero-order valence-electron chi connectivity index (χ0n) is 12.2. The van der Waals surface area contributed by atoms with Crippen molar-refractivity contribution in [3.05, 3.63) is 34.8 Å². The molecule has 0 aliphatic carbocycles. The van der Waals surface area contributed by atoms with E-state index in [9.17, 15) is 18.0 Å². The van der Waals surface area contributed by atoms with Gasteiger partial charge in [0.1, 0.15) is 0 Å². The summed E-state index contributed by atoms with van der Waals surface area (Å²) in [5.74, 6) is -0.177. The summed E-state index contributed by atoms with van der Waals surface area (Å²) in [5, 5.41) is 5.83. The molecule has 1 aliphatic heterocycles. The molecule has 2 aromatic rings. The number of anilines is 2. The maximum atomic E-state index is 12.6. The first-order chi connectivity index (χ1) is 10.8. The SMILES string of the molecule is Cc1ccc(N2CCN(c3nnc(C(F)(F)F)s3)CC2=O)cc1. The van der Waals surface area contributed by atoms with Gasteiger partial charge in [-0.1, -0.05) is 29.0 Å². The summed E-state index contributed by atoms with van der Waals surface area (Å²) in [6.45, 7) is 2.74. The van der Waals surface area contributed by atoms with E-state index in [1.54, 1.807) is 4.90 Å². The lowest BCUT2D eigenvalue weighted by Gasteiger charge is -2.33. The van der Waals surface area contributed by atoms with E-state index in [-0.39, 0.29) is 17.6 Å². The second-order valence-electron chi connectivity index (χ2n) is 5.19. The average molecular weight is 342 g/mol. The second-order valence-corrected chi connectivity index (χ2v) is 6.15. The molecule has 1 aliphatic rings. The van der Waals surface area contributed by atoms with Crippen molar-refractivity contribution in [1.82, 2.24) is 10.2 Å². The normalized spacial score (nSPS) is 16.1. The monoisotopic (exact) mass is 342 g/mol. The van der Waals surface area contributed by atoms with Crippen LogP contribution in [0.2, 0.25) is 0 Å². The lowest BCUT2D eigenvalue weighted by atomic mass is 10.2. The van der Waals surface area contributed by atoms with Gasteiger partial charge in [0.15, 0.2) is 0 Å². The van der Waals surface area contributed by atoms with Gasteiger partial charge in [0.05, 0.1) is 6.54 Å². The van der Waals surface area contributed by atoms with E-state index in [2.05, 4.69) is 10.2 Å². The van der Waals surface area contributed by atoms with Gasteiger partial charge in [-0.25, -0.2) is 0 Å². The first-order valence-electron chi connectivity index (χ1n) is 6.87. The summed E-state index contributed by atoms with van der Waals surface area (Å²) in [6, 6.07) is 7.54. The molecular weight excluding hydrogens is 329 g/mol. The highest BCUT2D eigenvalue weighted by Gasteiger charge is 2.37. The van der Waals surface area contributed by atoms with E-state index >= 15 is 0 Å². The first kappa shape index (κ1) is 15.7. The van der Waals surface area contributed by atoms with Crippen LogP contribution in [0.1, 0.15) is 10.6 Å². The Bertz CT molecular complexity index is 714. The lowest BCUT2D eigenvalue weighted by Crippen LogP contribution is -2.50. The first-order valence-corrected chi connectivity index (χ1v) is 7.69. The Labute approximate surface area is 134 Å². The van der Waals surface area contributed by atoms with E-state index in [0.29, 0.717) is 24.4 Å². The van der Waals surface area contributed by atoms with Crippen molar-refractivity contribution in [3.8, 4) is 0 Å². The summed E-state index contributed by atoms with van der Waals surface area (Å²) >= 11 is 0.455. The van der Waals surface area contributed by atoms with Crippen molar-refractivity contribution in [1.29, 1.82) is 0 Å². The Kier molecular flexibility index (Phi) is 3.97. The quantitative estimate of drug-likeness (QED) is 0.842. The van der Waals surface area contributed by atoms with Crippen LogP contribution in [-0.2, 0) is 11.0 Å². The van der Waals surface area contributed by atoms with Crippen molar-refractivity contribution in [3.63, 3.8) is 0 Å². The van der Waals surface area contributed by atoms with E-state index in [1.807, 2.05) is 31.2 Å². The lowest BCUT2D eigenvalue weighted by molar-refractivity contribution is -0.138. The van der Waals surface area contributed by atoms with Gasteiger partial charge in [-0.2, -0.15) is 13.2 Å². The van der Waals surface area contributed by atoms with Gasteiger partial charge in [0, 0.05) is 18.8 Å². The third kappa shape index (κ3) is 3.29. The fourth-order valence-electron chi connectivity index (χ4n) is 2.29. The predicted octanol–water partition coefficient (Wildman–Crippen LogP) is 2.72. The number of amides is 1. The number of hydrogen-bond donors (Lipinski definition) is 0. The molecule has 1 fully saturated rings. The number of aryl methyl sites for hydroxylation is 1. The largest absolute Gasteiger partial charge is 0.445 e. The molecule has 1 amide bonds. The van der Waals surface area contributed by atoms with Crippen molar-refractivity contribution in [2.24, 2.45) is 0 Å². The molecule has 0 N–H and O–H groups in total. The van der Waals surface area contributed by atoms with E-state index < -0.39 is 11.2 Å². The van der Waals surface area contributed by atoms with Gasteiger partial charge in [-0.15, -0.1) is 10.2 Å². The minimum atomic E-state index is -4.51. The maximum absolute atomic E-state index is 12.6. The smallest absolute Gasteiger partial charge is 0.336 e. The summed E-state index contributed by atoms with van der Waals surface area (Å²) in [4.78, 5) is 15.4. The van der Waals surface area contributed by atoms with Gasteiger partial charge < -0.3 is 9.80 Å². The molecule has 0 saturated carbocycles. The van der Waals surface area contributed by atoms with E-state index in [0.717, 1.165) is 11.3 Å². The molecule has 0 bridgehead atoms. The van der Waals surface area contributed by atoms with Crippen LogP contribution in [0.5, 0.6) is 0 Å². The van der Waals surface area contributed by atoms with Gasteiger partial charge >= 0.3 is 6.18 Å². The van der Waals surface area contributed by atoms with Crippen LogP contribution in [0.15, 0.2) is 24.3 Å². The highest BCUT2D eigenvalue weighted by atomic mass is 32.1. The topological polar surface area (TPSA) is 49.3 Å². The van der Waals surface area contributed by atoms with Gasteiger partial charge in [-0.3, -0.25) is 4.79 Å². The zero-order chi connectivity index (χ0) is 16.6. The van der Waals surface area contributed by atoms with Crippen molar-refractivity contribution >= 4 is 28.1 Å². The van der Waals surface area contributed by atoms with Crippen LogP contribution < -0.4 is 9.80 Å². The van der Waals surface area contributed by atoms with E-state index in [4.69, 9.17) is 0 Å². The van der Waals surface area contributed by atoms with Crippen LogP contribution in [0, 0.1) is 6.92 Å². The Morgan fingerprint density at radius 1 is 1.13 bits per heavy atom. The number of carbonyl (C=O) groups is 1. The number of aromatic nitrogens is 2. The fourth-order valence-corrected chi connectivity index (χ4v) is 3.03. The Hall–Kier alpha value is -2.16. The van der Waals surface area contributed by atoms with Gasteiger partial charge in [-0.05, 0) is 19.1 Å². The van der Waals surface area contributed by atoms with Gasteiger partial charge in [0.2, 0.25) is 16.0 Å². The number of benzene rings is 1. The Balaban J connectivity index is 1.72.